The average molecular weight is 372 g/mol. The Labute approximate surface area is 161 Å². The molecule has 0 radical (unpaired) electrons. The predicted molar refractivity (Wildman–Crippen MR) is 102 cm³/mol. The molecule has 0 bridgehead atoms. The van der Waals surface area contributed by atoms with Gasteiger partial charge in [-0.3, -0.25) is 4.79 Å². The van der Waals surface area contributed by atoms with E-state index in [0.29, 0.717) is 18.5 Å². The fraction of sp³-hybridized carbons (Fsp3) is 0.636. The Morgan fingerprint density at radius 1 is 0.926 bits per heavy atom. The molecule has 1 N–H and O–H groups in total. The number of hydrogen-bond donors (Lipinski definition) is 1. The van der Waals surface area contributed by atoms with Crippen molar-refractivity contribution in [3.63, 3.8) is 0 Å². The smallest absolute Gasteiger partial charge is 0.228 e. The number of aliphatic carboxylic acids is 1. The fourth-order valence-corrected chi connectivity index (χ4v) is 4.42. The molecule has 148 valence electrons. The third-order valence-electron chi connectivity index (χ3n) is 6.05. The van der Waals surface area contributed by atoms with E-state index in [1.54, 1.807) is 0 Å². The van der Waals surface area contributed by atoms with Crippen LogP contribution in [-0.4, -0.2) is 18.5 Å². The lowest BCUT2D eigenvalue weighted by Crippen LogP contribution is -2.42. The summed E-state index contributed by atoms with van der Waals surface area (Å²) in [5.41, 5.74) is 0.669. The van der Waals surface area contributed by atoms with E-state index >= 15 is 0 Å². The molecular weight excluding hydrogens is 342 g/mol. The van der Waals surface area contributed by atoms with E-state index in [0.717, 1.165) is 37.5 Å². The zero-order valence-corrected chi connectivity index (χ0v) is 16.0. The van der Waals surface area contributed by atoms with Crippen molar-refractivity contribution in [1.82, 2.24) is 0 Å². The number of carbonyl (C=O) groups is 2. The summed E-state index contributed by atoms with van der Waals surface area (Å²) in [4.78, 5) is 23.8. The number of carboxylic acids is 1. The molecule has 2 fully saturated rings. The van der Waals surface area contributed by atoms with Crippen LogP contribution >= 0.6 is 0 Å². The van der Waals surface area contributed by atoms with Crippen LogP contribution in [0, 0.1) is 17.8 Å². The molecule has 3 rings (SSSR count). The molecule has 0 aromatic heterocycles. The van der Waals surface area contributed by atoms with E-state index in [-0.39, 0.29) is 5.91 Å². The van der Waals surface area contributed by atoms with Crippen molar-refractivity contribution in [2.45, 2.75) is 64.2 Å². The van der Waals surface area contributed by atoms with Gasteiger partial charge in [-0.25, -0.2) is 0 Å². The number of benzene rings is 1. The van der Waals surface area contributed by atoms with Crippen molar-refractivity contribution in [2.24, 2.45) is 17.8 Å². The number of anilines is 1. The van der Waals surface area contributed by atoms with Crippen LogP contribution in [-0.2, 0) is 9.59 Å². The number of ether oxygens (including phenoxy) is 1. The first kappa shape index (κ1) is 19.7. The Hall–Kier alpha value is -2.04. The van der Waals surface area contributed by atoms with Gasteiger partial charge in [0.1, 0.15) is 5.75 Å². The number of rotatable bonds is 7. The van der Waals surface area contributed by atoms with E-state index in [4.69, 9.17) is 4.74 Å². The number of nitrogens with one attached hydrogen (secondary N) is 1. The van der Waals surface area contributed by atoms with Crippen molar-refractivity contribution in [3.05, 3.63) is 24.3 Å². The van der Waals surface area contributed by atoms with E-state index < -0.39 is 17.8 Å². The molecule has 2 aliphatic rings. The van der Waals surface area contributed by atoms with Gasteiger partial charge in [0.2, 0.25) is 5.91 Å². The zero-order valence-electron chi connectivity index (χ0n) is 16.0. The zero-order chi connectivity index (χ0) is 19.1. The molecule has 1 aromatic carbocycles. The third-order valence-corrected chi connectivity index (χ3v) is 6.05. The summed E-state index contributed by atoms with van der Waals surface area (Å²) in [6.07, 6.45) is 10.7. The Bertz CT molecular complexity index is 622. The van der Waals surface area contributed by atoms with Gasteiger partial charge in [-0.2, -0.15) is 0 Å². The van der Waals surface area contributed by atoms with Gasteiger partial charge in [-0.1, -0.05) is 44.9 Å². The van der Waals surface area contributed by atoms with Crippen LogP contribution in [0.4, 0.5) is 5.69 Å². The van der Waals surface area contributed by atoms with Gasteiger partial charge >= 0.3 is 0 Å². The molecule has 2 saturated carbocycles. The van der Waals surface area contributed by atoms with Gasteiger partial charge < -0.3 is 20.0 Å². The van der Waals surface area contributed by atoms with Crippen LogP contribution in [0.3, 0.4) is 0 Å². The van der Waals surface area contributed by atoms with Crippen molar-refractivity contribution in [3.8, 4) is 5.75 Å². The summed E-state index contributed by atoms with van der Waals surface area (Å²) in [5, 5.41) is 14.1. The first-order valence-electron chi connectivity index (χ1n) is 10.4. The molecule has 27 heavy (non-hydrogen) atoms. The minimum Gasteiger partial charge on any atom is -0.550 e. The molecule has 2 atom stereocenters. The highest BCUT2D eigenvalue weighted by atomic mass is 16.5. The molecule has 0 heterocycles. The Morgan fingerprint density at radius 2 is 1.56 bits per heavy atom. The largest absolute Gasteiger partial charge is 0.550 e. The number of hydrogen-bond acceptors (Lipinski definition) is 4. The molecule has 1 amide bonds. The maximum atomic E-state index is 12.5. The summed E-state index contributed by atoms with van der Waals surface area (Å²) in [6.45, 7) is 0.728. The summed E-state index contributed by atoms with van der Waals surface area (Å²) >= 11 is 0. The Balaban J connectivity index is 1.46. The van der Waals surface area contributed by atoms with Crippen molar-refractivity contribution in [1.29, 1.82) is 0 Å². The van der Waals surface area contributed by atoms with Gasteiger partial charge in [-0.05, 0) is 49.4 Å². The van der Waals surface area contributed by atoms with Gasteiger partial charge in [0.05, 0.1) is 6.61 Å². The van der Waals surface area contributed by atoms with Crippen molar-refractivity contribution in [2.75, 3.05) is 11.9 Å². The highest BCUT2D eigenvalue weighted by Crippen LogP contribution is 2.31. The first-order valence-corrected chi connectivity index (χ1v) is 10.4. The Kier molecular flexibility index (Phi) is 7.13. The summed E-state index contributed by atoms with van der Waals surface area (Å²) in [5.74, 6) is -0.929. The topological polar surface area (TPSA) is 78.5 Å². The number of carboxylic acid groups (broad SMARTS) is 1. The third kappa shape index (κ3) is 5.72. The van der Waals surface area contributed by atoms with Crippen LogP contribution in [0.25, 0.3) is 0 Å². The van der Waals surface area contributed by atoms with Crippen LogP contribution in [0.1, 0.15) is 64.2 Å². The van der Waals surface area contributed by atoms with Crippen molar-refractivity contribution >= 4 is 17.6 Å². The molecular formula is C22H30NO4-. The summed E-state index contributed by atoms with van der Waals surface area (Å²) in [6, 6.07) is 7.33. The predicted octanol–water partition coefficient (Wildman–Crippen LogP) is 3.53. The van der Waals surface area contributed by atoms with Gasteiger partial charge in [-0.15, -0.1) is 0 Å². The second-order valence-corrected chi connectivity index (χ2v) is 7.97. The molecule has 1 aromatic rings. The van der Waals surface area contributed by atoms with E-state index in [1.807, 2.05) is 24.3 Å². The lowest BCUT2D eigenvalue weighted by molar-refractivity contribution is -0.313. The minimum absolute atomic E-state index is 0.227. The minimum atomic E-state index is -1.11. The summed E-state index contributed by atoms with van der Waals surface area (Å²) < 4.78 is 5.83. The number of amides is 1. The van der Waals surface area contributed by atoms with Crippen LogP contribution < -0.4 is 15.2 Å². The molecule has 0 unspecified atom stereocenters. The maximum Gasteiger partial charge on any atom is 0.228 e. The van der Waals surface area contributed by atoms with Crippen LogP contribution in [0.15, 0.2) is 24.3 Å². The van der Waals surface area contributed by atoms with E-state index in [1.165, 1.54) is 32.1 Å². The van der Waals surface area contributed by atoms with Crippen LogP contribution in [0.2, 0.25) is 0 Å². The maximum absolute atomic E-state index is 12.5. The SMILES string of the molecule is O=C([O-])[C@@H]1CCCC[C@H]1C(=O)Nc1ccc(OCCC2CCCCC2)cc1. The fourth-order valence-electron chi connectivity index (χ4n) is 4.42. The molecule has 5 nitrogen and oxygen atoms in total. The normalized spacial score (nSPS) is 23.6. The second-order valence-electron chi connectivity index (χ2n) is 7.97. The lowest BCUT2D eigenvalue weighted by Gasteiger charge is -2.31. The molecule has 0 spiro atoms. The highest BCUT2D eigenvalue weighted by Gasteiger charge is 2.31. The highest BCUT2D eigenvalue weighted by molar-refractivity contribution is 5.95. The monoisotopic (exact) mass is 372 g/mol. The van der Waals surface area contributed by atoms with Gasteiger partial charge in [0, 0.05) is 23.5 Å². The standard InChI is InChI=1S/C22H31NO4/c24-21(19-8-4-5-9-20(19)22(25)26)23-17-10-12-18(13-11-17)27-15-14-16-6-2-1-3-7-16/h10-13,16,19-20H,1-9,14-15H2,(H,23,24)(H,25,26)/p-1/t19-,20-/m1/s1. The van der Waals surface area contributed by atoms with E-state index in [2.05, 4.69) is 5.32 Å². The second kappa shape index (κ2) is 9.77. The Morgan fingerprint density at radius 3 is 2.22 bits per heavy atom. The van der Waals surface area contributed by atoms with Gasteiger partial charge in [0.15, 0.2) is 0 Å². The van der Waals surface area contributed by atoms with E-state index in [9.17, 15) is 14.7 Å². The molecule has 5 heteroatoms. The summed E-state index contributed by atoms with van der Waals surface area (Å²) in [7, 11) is 0. The molecule has 2 aliphatic carbocycles. The average Bonchev–Trinajstić information content (AvgIpc) is 2.70. The molecule has 0 aliphatic heterocycles. The van der Waals surface area contributed by atoms with Crippen molar-refractivity contribution < 1.29 is 19.4 Å². The van der Waals surface area contributed by atoms with Gasteiger partial charge in [0.25, 0.3) is 0 Å². The lowest BCUT2D eigenvalue weighted by atomic mass is 9.78. The van der Waals surface area contributed by atoms with Crippen LogP contribution in [0.5, 0.6) is 5.75 Å². The number of carbonyl (C=O) groups excluding carboxylic acids is 2. The first-order chi connectivity index (χ1) is 13.1. The quantitative estimate of drug-likeness (QED) is 0.794. The molecule has 0 saturated heterocycles.